The molecule has 1 aliphatic carbocycles. The molecule has 23 heteroatoms. The summed E-state index contributed by atoms with van der Waals surface area (Å²) in [5.41, 5.74) is 5.91. The van der Waals surface area contributed by atoms with E-state index in [1.807, 2.05) is 0 Å². The number of carbonyl (C=O) groups excluding carboxylic acids is 12. The molecule has 2 fully saturated rings. The predicted molar refractivity (Wildman–Crippen MR) is 247 cm³/mol. The Kier molecular flexibility index (Phi) is 22.2. The zero-order valence-corrected chi connectivity index (χ0v) is 40.1. The highest BCUT2D eigenvalue weighted by molar-refractivity contribution is 5.99. The zero-order chi connectivity index (χ0) is 51.5. The third kappa shape index (κ3) is 18.9. The Balaban J connectivity index is 2.06. The van der Waals surface area contributed by atoms with Gasteiger partial charge in [0.2, 0.25) is 59.1 Å². The molecule has 1 heterocycles. The predicted octanol–water partition coefficient (Wildman–Crippen LogP) is -2.21. The maximum atomic E-state index is 14.5. The second-order valence-electron chi connectivity index (χ2n) is 17.8. The number of primary amides is 1. The van der Waals surface area contributed by atoms with Gasteiger partial charge in [0.1, 0.15) is 53.6 Å². The normalized spacial score (nSPS) is 22.3. The molecule has 0 unspecified atom stereocenters. The Bertz CT molecular complexity index is 2080. The number of hydrogen-bond donors (Lipinski definition) is 10. The van der Waals surface area contributed by atoms with Gasteiger partial charge >= 0.3 is 0 Å². The van der Waals surface area contributed by atoms with Crippen LogP contribution in [0.15, 0.2) is 24.3 Å². The molecule has 0 spiro atoms. The van der Waals surface area contributed by atoms with Crippen molar-refractivity contribution in [3.8, 4) is 5.75 Å². The highest BCUT2D eigenvalue weighted by Gasteiger charge is 2.40. The van der Waals surface area contributed by atoms with Crippen LogP contribution in [0.1, 0.15) is 105 Å². The van der Waals surface area contributed by atoms with E-state index in [-0.39, 0.29) is 36.8 Å². The van der Waals surface area contributed by atoms with E-state index in [9.17, 15) is 62.6 Å². The van der Waals surface area contributed by atoms with E-state index in [1.54, 1.807) is 27.7 Å². The van der Waals surface area contributed by atoms with Crippen LogP contribution >= 0.6 is 0 Å². The SMILES string of the molecule is CC[C@@H](C)[C@@H](NC(=O)CN(C(=O)[C@@H]1CNC(=O)CCC(=O)N[C@@H](Cc2ccc(O)cc2)C(=O)N[C@@H]([C@@H](C)CC)C(=O)N[C@@H](CCC(N)=O)C(=O)N[C@@H](CC(C)=O)C(=O)N1)C1CC1)C(=O)NCC(C)=O. The first kappa shape index (κ1) is 56.4. The number of amides is 10. The van der Waals surface area contributed by atoms with Gasteiger partial charge in [0.25, 0.3) is 0 Å². The molecule has 1 aromatic carbocycles. The fraction of sp³-hybridized carbons (Fsp3) is 0.609. The van der Waals surface area contributed by atoms with Gasteiger partial charge in [0.05, 0.1) is 13.1 Å². The molecule has 2 aliphatic rings. The summed E-state index contributed by atoms with van der Waals surface area (Å²) in [6, 6.07) is -3.35. The van der Waals surface area contributed by atoms with Crippen molar-refractivity contribution in [2.45, 2.75) is 148 Å². The summed E-state index contributed by atoms with van der Waals surface area (Å²) < 4.78 is 0. The van der Waals surface area contributed by atoms with E-state index < -0.39 is 152 Å². The van der Waals surface area contributed by atoms with Crippen LogP contribution in [0, 0.1) is 11.8 Å². The van der Waals surface area contributed by atoms with Gasteiger partial charge < -0.3 is 58.3 Å². The molecule has 1 saturated heterocycles. The van der Waals surface area contributed by atoms with Crippen molar-refractivity contribution in [2.24, 2.45) is 17.6 Å². The average Bonchev–Trinajstić information content (AvgIpc) is 4.14. The lowest BCUT2D eigenvalue weighted by Crippen LogP contribution is -2.62. The van der Waals surface area contributed by atoms with Gasteiger partial charge in [-0.05, 0) is 62.6 Å². The van der Waals surface area contributed by atoms with Gasteiger partial charge in [-0.15, -0.1) is 0 Å². The highest BCUT2D eigenvalue weighted by Crippen LogP contribution is 2.27. The third-order valence-corrected chi connectivity index (χ3v) is 11.9. The van der Waals surface area contributed by atoms with Gasteiger partial charge in [-0.25, -0.2) is 0 Å². The number of nitrogens with one attached hydrogen (secondary N) is 8. The van der Waals surface area contributed by atoms with Gasteiger partial charge in [-0.2, -0.15) is 0 Å². The van der Waals surface area contributed by atoms with Crippen LogP contribution in [0.2, 0.25) is 0 Å². The molecule has 3 rings (SSSR count). The minimum atomic E-state index is -1.70. The third-order valence-electron chi connectivity index (χ3n) is 11.9. The first-order valence-electron chi connectivity index (χ1n) is 23.2. The summed E-state index contributed by atoms with van der Waals surface area (Å²) >= 11 is 0. The molecule has 23 nitrogen and oxygen atoms in total. The van der Waals surface area contributed by atoms with E-state index in [0.29, 0.717) is 31.2 Å². The monoisotopic (exact) mass is 968 g/mol. The molecule has 0 bridgehead atoms. The summed E-state index contributed by atoms with van der Waals surface area (Å²) in [5.74, 6) is -10.3. The number of carbonyl (C=O) groups is 12. The van der Waals surface area contributed by atoms with Crippen LogP contribution < -0.4 is 48.3 Å². The van der Waals surface area contributed by atoms with Crippen molar-refractivity contribution in [1.82, 2.24) is 47.4 Å². The lowest BCUT2D eigenvalue weighted by molar-refractivity contribution is -0.141. The van der Waals surface area contributed by atoms with E-state index in [2.05, 4.69) is 42.5 Å². The molecule has 10 amide bonds. The second kappa shape index (κ2) is 27.2. The Morgan fingerprint density at radius 3 is 1.96 bits per heavy atom. The van der Waals surface area contributed by atoms with E-state index in [0.717, 1.165) is 6.92 Å². The van der Waals surface area contributed by atoms with Crippen molar-refractivity contribution < 1.29 is 62.6 Å². The van der Waals surface area contributed by atoms with E-state index in [4.69, 9.17) is 5.73 Å². The molecular weight excluding hydrogens is 901 g/mol. The number of nitrogens with zero attached hydrogens (tertiary/aromatic N) is 1. The number of hydrogen-bond acceptors (Lipinski definition) is 13. The zero-order valence-electron chi connectivity index (χ0n) is 40.1. The van der Waals surface area contributed by atoms with Gasteiger partial charge in [-0.1, -0.05) is 52.7 Å². The lowest BCUT2D eigenvalue weighted by Gasteiger charge is -2.31. The van der Waals surface area contributed by atoms with Crippen LogP contribution in [0.25, 0.3) is 0 Å². The van der Waals surface area contributed by atoms with Crippen molar-refractivity contribution in [3.63, 3.8) is 0 Å². The van der Waals surface area contributed by atoms with Crippen molar-refractivity contribution >= 4 is 70.6 Å². The van der Waals surface area contributed by atoms with Gasteiger partial charge in [-0.3, -0.25) is 57.5 Å². The molecular formula is C46H68N10O13. The van der Waals surface area contributed by atoms with Crippen LogP contribution in [0.3, 0.4) is 0 Å². The highest BCUT2D eigenvalue weighted by atomic mass is 16.3. The fourth-order valence-electron chi connectivity index (χ4n) is 7.26. The fourth-order valence-corrected chi connectivity index (χ4v) is 7.26. The molecule has 1 aliphatic heterocycles. The van der Waals surface area contributed by atoms with Gasteiger partial charge in [0, 0.05) is 44.7 Å². The first-order chi connectivity index (χ1) is 32.5. The molecule has 1 saturated carbocycles. The Hall–Kier alpha value is -6.94. The van der Waals surface area contributed by atoms with Crippen molar-refractivity contribution in [1.29, 1.82) is 0 Å². The Morgan fingerprint density at radius 1 is 0.768 bits per heavy atom. The van der Waals surface area contributed by atoms with E-state index in [1.165, 1.54) is 36.1 Å². The maximum Gasteiger partial charge on any atom is 0.247 e. The smallest absolute Gasteiger partial charge is 0.247 e. The van der Waals surface area contributed by atoms with Crippen molar-refractivity contribution in [2.75, 3.05) is 19.6 Å². The quantitative estimate of drug-likeness (QED) is 0.0704. The minimum absolute atomic E-state index is 0.0564. The summed E-state index contributed by atoms with van der Waals surface area (Å²) in [5, 5.41) is 30.2. The number of aromatic hydroxyl groups is 1. The average molecular weight is 969 g/mol. The van der Waals surface area contributed by atoms with Crippen LogP contribution in [0.5, 0.6) is 5.75 Å². The Labute approximate surface area is 400 Å². The summed E-state index contributed by atoms with van der Waals surface area (Å²) in [7, 11) is 0. The number of benzene rings is 1. The molecule has 380 valence electrons. The van der Waals surface area contributed by atoms with Crippen LogP contribution in [-0.2, 0) is 64.0 Å². The topological polar surface area (TPSA) is 351 Å². The largest absolute Gasteiger partial charge is 0.508 e. The molecule has 11 N–H and O–H groups in total. The minimum Gasteiger partial charge on any atom is -0.508 e. The Morgan fingerprint density at radius 2 is 1.38 bits per heavy atom. The summed E-state index contributed by atoms with van der Waals surface area (Å²) in [6.07, 6.45) is -0.780. The first-order valence-corrected chi connectivity index (χ1v) is 23.2. The second-order valence-corrected chi connectivity index (χ2v) is 17.8. The summed E-state index contributed by atoms with van der Waals surface area (Å²) in [4.78, 5) is 161. The number of rotatable bonds is 19. The number of nitrogens with two attached hydrogens (primary N) is 1. The summed E-state index contributed by atoms with van der Waals surface area (Å²) in [6.45, 7) is 7.85. The maximum absolute atomic E-state index is 14.5. The molecule has 0 radical (unpaired) electrons. The van der Waals surface area contributed by atoms with E-state index >= 15 is 0 Å². The number of phenols is 1. The standard InChI is InChI=1S/C46H68N10O13/c1-7-24(3)39(44(67)49-21-27(6)58)54-38(63)23-56(29-11-12-29)46(69)34-22-48-36(61)17-18-37(62)50-33(20-28-9-13-30(59)14-10-28)43(66)55-40(25(4)8-2)45(68)51-31(15-16-35(47)60)41(64)52-32(19-26(5)57)42(65)53-34/h9-10,13-14,24-25,29,31-34,39-40,59H,7-8,11-12,15-23H2,1-6H3,(H2,47,60)(H,48,61)(H,49,67)(H,50,62)(H,51,68)(H,52,64)(H,53,65)(H,54,63)(H,55,66)/t24-,25+,31+,32+,33+,34+,39-,40+/m1/s1. The number of phenolic OH excluding ortho intramolecular Hbond substituents is 1. The number of ketones is 2. The van der Waals surface area contributed by atoms with Crippen LogP contribution in [-0.4, -0.2) is 143 Å². The molecule has 0 aromatic heterocycles. The number of Topliss-reactive ketones (excluding diaryl/α,β-unsaturated/α-hetero) is 2. The van der Waals surface area contributed by atoms with Gasteiger partial charge in [0.15, 0.2) is 0 Å². The molecule has 69 heavy (non-hydrogen) atoms. The lowest BCUT2D eigenvalue weighted by atomic mass is 9.96. The van der Waals surface area contributed by atoms with Crippen LogP contribution in [0.4, 0.5) is 0 Å². The van der Waals surface area contributed by atoms with Crippen molar-refractivity contribution in [3.05, 3.63) is 29.8 Å². The molecule has 1 aromatic rings. The molecule has 8 atom stereocenters.